The molecule has 1 aromatic rings. The molecule has 0 fully saturated rings. The summed E-state index contributed by atoms with van der Waals surface area (Å²) in [6.07, 6.45) is -0.00619. The Hall–Kier alpha value is -1.79. The Bertz CT molecular complexity index is 398. The van der Waals surface area contributed by atoms with E-state index in [4.69, 9.17) is 5.11 Å². The van der Waals surface area contributed by atoms with Gasteiger partial charge in [-0.1, -0.05) is 20.3 Å². The van der Waals surface area contributed by atoms with Gasteiger partial charge in [0.15, 0.2) is 0 Å². The zero-order chi connectivity index (χ0) is 13.7. The first-order valence-corrected chi connectivity index (χ1v) is 5.55. The molecule has 0 saturated heterocycles. The molecule has 0 saturated carbocycles. The molecule has 1 rings (SSSR count). The van der Waals surface area contributed by atoms with Crippen molar-refractivity contribution >= 4 is 11.9 Å². The molecule has 18 heavy (non-hydrogen) atoms. The van der Waals surface area contributed by atoms with E-state index in [9.17, 15) is 13.6 Å². The second-order valence-corrected chi connectivity index (χ2v) is 3.99. The minimum atomic E-state index is -2.64. The van der Waals surface area contributed by atoms with Gasteiger partial charge in [-0.2, -0.15) is 0 Å². The van der Waals surface area contributed by atoms with Gasteiger partial charge in [0.25, 0.3) is 6.43 Å². The summed E-state index contributed by atoms with van der Waals surface area (Å²) in [7, 11) is 0. The van der Waals surface area contributed by atoms with Gasteiger partial charge >= 0.3 is 5.97 Å². The Labute approximate surface area is 103 Å². The summed E-state index contributed by atoms with van der Waals surface area (Å²) < 4.78 is 24.6. The molecule has 0 aliphatic rings. The Balaban J connectivity index is 2.78. The van der Waals surface area contributed by atoms with Crippen LogP contribution < -0.4 is 5.32 Å². The lowest BCUT2D eigenvalue weighted by atomic mass is 9.99. The van der Waals surface area contributed by atoms with Crippen molar-refractivity contribution in [3.63, 3.8) is 0 Å². The number of carboxylic acid groups (broad SMARTS) is 1. The average Bonchev–Trinajstić information content (AvgIpc) is 2.35. The molecule has 0 unspecified atom stereocenters. The molecule has 0 amide bonds. The zero-order valence-electron chi connectivity index (χ0n) is 10.1. The lowest BCUT2D eigenvalue weighted by molar-refractivity contribution is -0.139. The van der Waals surface area contributed by atoms with Crippen molar-refractivity contribution in [1.82, 2.24) is 9.97 Å². The first kappa shape index (κ1) is 14.3. The van der Waals surface area contributed by atoms with Gasteiger partial charge in [0.1, 0.15) is 6.04 Å². The smallest absolute Gasteiger partial charge is 0.326 e. The number of carboxylic acids is 1. The van der Waals surface area contributed by atoms with Crippen molar-refractivity contribution in [2.75, 3.05) is 5.32 Å². The van der Waals surface area contributed by atoms with Gasteiger partial charge in [-0.15, -0.1) is 0 Å². The van der Waals surface area contributed by atoms with Crippen LogP contribution >= 0.6 is 0 Å². The highest BCUT2D eigenvalue weighted by atomic mass is 19.3. The van der Waals surface area contributed by atoms with Gasteiger partial charge < -0.3 is 10.4 Å². The number of nitrogens with one attached hydrogen (secondary N) is 1. The van der Waals surface area contributed by atoms with Crippen molar-refractivity contribution in [2.45, 2.75) is 32.7 Å². The molecule has 5 nitrogen and oxygen atoms in total. The molecule has 0 aromatic carbocycles. The Morgan fingerprint density at radius 3 is 2.39 bits per heavy atom. The topological polar surface area (TPSA) is 75.1 Å². The number of rotatable bonds is 6. The zero-order valence-corrected chi connectivity index (χ0v) is 10.1. The van der Waals surface area contributed by atoms with Crippen molar-refractivity contribution in [2.24, 2.45) is 5.92 Å². The third-order valence-electron chi connectivity index (χ3n) is 2.69. The van der Waals surface area contributed by atoms with Gasteiger partial charge in [0.05, 0.1) is 5.56 Å². The Morgan fingerprint density at radius 2 is 2.00 bits per heavy atom. The number of halogens is 2. The number of anilines is 1. The van der Waals surface area contributed by atoms with Gasteiger partial charge in [-0.25, -0.2) is 23.5 Å². The monoisotopic (exact) mass is 259 g/mol. The minimum Gasteiger partial charge on any atom is -0.480 e. The third kappa shape index (κ3) is 3.61. The normalized spacial score (nSPS) is 14.3. The van der Waals surface area contributed by atoms with Crippen molar-refractivity contribution in [3.8, 4) is 0 Å². The maximum Gasteiger partial charge on any atom is 0.326 e. The molecule has 100 valence electrons. The Morgan fingerprint density at radius 1 is 1.44 bits per heavy atom. The van der Waals surface area contributed by atoms with Crippen molar-refractivity contribution in [3.05, 3.63) is 18.0 Å². The van der Waals surface area contributed by atoms with Crippen LogP contribution in [-0.2, 0) is 4.79 Å². The fraction of sp³-hybridized carbons (Fsp3) is 0.545. The summed E-state index contributed by atoms with van der Waals surface area (Å²) in [5, 5.41) is 11.7. The number of aromatic nitrogens is 2. The van der Waals surface area contributed by atoms with E-state index in [1.807, 2.05) is 6.92 Å². The molecular formula is C11H15F2N3O2. The summed E-state index contributed by atoms with van der Waals surface area (Å²) in [5.41, 5.74) is -0.295. The molecule has 0 spiro atoms. The van der Waals surface area contributed by atoms with Crippen LogP contribution in [-0.4, -0.2) is 27.1 Å². The van der Waals surface area contributed by atoms with E-state index in [0.29, 0.717) is 6.42 Å². The second-order valence-electron chi connectivity index (χ2n) is 3.99. The number of alkyl halides is 2. The number of nitrogens with zero attached hydrogens (tertiary/aromatic N) is 2. The predicted octanol–water partition coefficient (Wildman–Crippen LogP) is 2.33. The van der Waals surface area contributed by atoms with E-state index in [0.717, 1.165) is 12.4 Å². The molecule has 1 heterocycles. The second kappa shape index (κ2) is 6.23. The fourth-order valence-corrected chi connectivity index (χ4v) is 1.35. The van der Waals surface area contributed by atoms with E-state index >= 15 is 0 Å². The standard InChI is InChI=1S/C11H15F2N3O2/c1-3-6(2)8(10(17)18)16-11-14-4-7(5-15-11)9(12)13/h4-6,8-9H,3H2,1-2H3,(H,17,18)(H,14,15,16)/t6-,8-/m0/s1. The summed E-state index contributed by atoms with van der Waals surface area (Å²) in [5.74, 6) is -1.11. The highest BCUT2D eigenvalue weighted by molar-refractivity contribution is 5.76. The highest BCUT2D eigenvalue weighted by Gasteiger charge is 2.24. The predicted molar refractivity (Wildman–Crippen MR) is 61.5 cm³/mol. The Kier molecular flexibility index (Phi) is 4.94. The van der Waals surface area contributed by atoms with Crippen LogP contribution in [0.15, 0.2) is 12.4 Å². The van der Waals surface area contributed by atoms with E-state index in [2.05, 4.69) is 15.3 Å². The summed E-state index contributed by atoms with van der Waals surface area (Å²) in [6, 6.07) is -0.840. The lowest BCUT2D eigenvalue weighted by Gasteiger charge is -2.19. The van der Waals surface area contributed by atoms with Crippen LogP contribution in [0.25, 0.3) is 0 Å². The van der Waals surface area contributed by atoms with E-state index < -0.39 is 18.4 Å². The summed E-state index contributed by atoms with van der Waals surface area (Å²) >= 11 is 0. The van der Waals surface area contributed by atoms with Crippen LogP contribution in [0.4, 0.5) is 14.7 Å². The largest absolute Gasteiger partial charge is 0.480 e. The summed E-state index contributed by atoms with van der Waals surface area (Å²) in [6.45, 7) is 3.64. The van der Waals surface area contributed by atoms with Crippen LogP contribution in [0.2, 0.25) is 0 Å². The van der Waals surface area contributed by atoms with Crippen LogP contribution in [0, 0.1) is 5.92 Å². The maximum absolute atomic E-state index is 12.3. The van der Waals surface area contributed by atoms with Crippen molar-refractivity contribution < 1.29 is 18.7 Å². The molecule has 0 aliphatic carbocycles. The van der Waals surface area contributed by atoms with Gasteiger partial charge in [-0.3, -0.25) is 0 Å². The minimum absolute atomic E-state index is 0.0344. The molecule has 2 N–H and O–H groups in total. The first-order chi connectivity index (χ1) is 8.45. The van der Waals surface area contributed by atoms with Crippen LogP contribution in [0.5, 0.6) is 0 Å². The average molecular weight is 259 g/mol. The highest BCUT2D eigenvalue weighted by Crippen LogP contribution is 2.18. The van der Waals surface area contributed by atoms with Crippen LogP contribution in [0.1, 0.15) is 32.3 Å². The van der Waals surface area contributed by atoms with Gasteiger partial charge in [-0.05, 0) is 5.92 Å². The lowest BCUT2D eigenvalue weighted by Crippen LogP contribution is -2.36. The first-order valence-electron chi connectivity index (χ1n) is 5.55. The SMILES string of the molecule is CC[C@H](C)[C@H](Nc1ncc(C(F)F)cn1)C(=O)O. The van der Waals surface area contributed by atoms with E-state index in [-0.39, 0.29) is 17.4 Å². The number of hydrogen-bond acceptors (Lipinski definition) is 4. The third-order valence-corrected chi connectivity index (χ3v) is 2.69. The number of aliphatic carboxylic acids is 1. The molecule has 0 radical (unpaired) electrons. The van der Waals surface area contributed by atoms with Gasteiger partial charge in [0, 0.05) is 12.4 Å². The summed E-state index contributed by atoms with van der Waals surface area (Å²) in [4.78, 5) is 18.4. The molecule has 0 bridgehead atoms. The maximum atomic E-state index is 12.3. The molecule has 0 aliphatic heterocycles. The molecule has 1 aromatic heterocycles. The fourth-order valence-electron chi connectivity index (χ4n) is 1.35. The molecular weight excluding hydrogens is 244 g/mol. The van der Waals surface area contributed by atoms with Crippen molar-refractivity contribution in [1.29, 1.82) is 0 Å². The van der Waals surface area contributed by atoms with Crippen LogP contribution in [0.3, 0.4) is 0 Å². The van der Waals surface area contributed by atoms with Gasteiger partial charge in [0.2, 0.25) is 5.95 Å². The number of carbonyl (C=O) groups is 1. The quantitative estimate of drug-likeness (QED) is 0.820. The molecule has 2 atom stereocenters. The van der Waals surface area contributed by atoms with E-state index in [1.54, 1.807) is 6.92 Å². The molecule has 7 heteroatoms. The number of hydrogen-bond donors (Lipinski definition) is 2. The van der Waals surface area contributed by atoms with E-state index in [1.165, 1.54) is 0 Å².